The molecule has 28 heavy (non-hydrogen) atoms. The molecule has 1 heterocycles. The Labute approximate surface area is 161 Å². The average molecular weight is 436 g/mol. The van der Waals surface area contributed by atoms with E-state index < -0.39 is 25.6 Å². The minimum Gasteiger partial charge on any atom is -0.207 e. The number of sulfonamides is 2. The van der Waals surface area contributed by atoms with Crippen molar-refractivity contribution in [3.63, 3.8) is 0 Å². The lowest BCUT2D eigenvalue weighted by atomic mass is 9.99. The van der Waals surface area contributed by atoms with Crippen molar-refractivity contribution in [2.24, 2.45) is 5.92 Å². The van der Waals surface area contributed by atoms with Crippen molar-refractivity contribution in [3.8, 4) is 0 Å². The lowest BCUT2D eigenvalue weighted by molar-refractivity contribution is -0.0448. The molecule has 11 heteroatoms. The quantitative estimate of drug-likeness (QED) is 0.781. The highest BCUT2D eigenvalue weighted by molar-refractivity contribution is 7.90. The van der Waals surface area contributed by atoms with Crippen LogP contribution in [0.2, 0.25) is 0 Å². The van der Waals surface area contributed by atoms with E-state index in [2.05, 4.69) is 0 Å². The van der Waals surface area contributed by atoms with Crippen molar-refractivity contribution in [1.29, 1.82) is 0 Å². The van der Waals surface area contributed by atoms with Crippen molar-refractivity contribution >= 4 is 30.8 Å². The number of hydrogen-bond donors (Lipinski definition) is 1. The first-order valence-corrected chi connectivity index (χ1v) is 11.5. The molecule has 1 fully saturated rings. The van der Waals surface area contributed by atoms with Gasteiger partial charge >= 0.3 is 15.5 Å². The zero-order chi connectivity index (χ0) is 20.6. The van der Waals surface area contributed by atoms with E-state index in [1.807, 2.05) is 24.3 Å². The molecule has 6 nitrogen and oxygen atoms in total. The van der Waals surface area contributed by atoms with Crippen LogP contribution in [-0.2, 0) is 20.0 Å². The highest BCUT2D eigenvalue weighted by Gasteiger charge is 2.45. The molecule has 0 radical (unpaired) electrons. The predicted octanol–water partition coefficient (Wildman–Crippen LogP) is 2.68. The second-order valence-corrected chi connectivity index (χ2v) is 10.4. The topological polar surface area (TPSA) is 83.6 Å². The molecule has 2 aromatic rings. The molecule has 1 N–H and O–H groups in total. The Bertz CT molecular complexity index is 1060. The van der Waals surface area contributed by atoms with E-state index in [1.165, 1.54) is 10.4 Å². The number of nitrogens with one attached hydrogen (secondary N) is 1. The van der Waals surface area contributed by atoms with Gasteiger partial charge in [-0.2, -0.15) is 17.5 Å². The molecule has 2 aromatic carbocycles. The molecule has 0 aliphatic carbocycles. The van der Waals surface area contributed by atoms with Gasteiger partial charge in [0.25, 0.3) is 0 Å². The lowest BCUT2D eigenvalue weighted by Gasteiger charge is -2.31. The SMILES string of the molecule is O=S(=O)(c1ccc2ccccc2c1)N1CCC(CNS(=O)(=O)C(F)(F)F)CC1. The molecule has 3 rings (SSSR count). The second kappa shape index (κ2) is 7.62. The summed E-state index contributed by atoms with van der Waals surface area (Å²) in [6, 6.07) is 12.2. The van der Waals surface area contributed by atoms with E-state index >= 15 is 0 Å². The number of piperidine rings is 1. The molecule has 0 aromatic heterocycles. The van der Waals surface area contributed by atoms with Gasteiger partial charge in [0.05, 0.1) is 4.90 Å². The minimum absolute atomic E-state index is 0.119. The van der Waals surface area contributed by atoms with Gasteiger partial charge in [-0.1, -0.05) is 30.3 Å². The summed E-state index contributed by atoms with van der Waals surface area (Å²) < 4.78 is 87.8. The maximum Gasteiger partial charge on any atom is 0.511 e. The highest BCUT2D eigenvalue weighted by Crippen LogP contribution is 2.27. The number of benzene rings is 2. The van der Waals surface area contributed by atoms with Crippen LogP contribution in [0.5, 0.6) is 0 Å². The monoisotopic (exact) mass is 436 g/mol. The lowest BCUT2D eigenvalue weighted by Crippen LogP contribution is -2.43. The average Bonchev–Trinajstić information content (AvgIpc) is 2.65. The highest BCUT2D eigenvalue weighted by atomic mass is 32.2. The van der Waals surface area contributed by atoms with Crippen LogP contribution in [0, 0.1) is 5.92 Å². The van der Waals surface area contributed by atoms with Gasteiger partial charge in [0.15, 0.2) is 0 Å². The number of rotatable bonds is 5. The number of fused-ring (bicyclic) bond motifs is 1. The number of alkyl halides is 3. The van der Waals surface area contributed by atoms with Crippen LogP contribution in [0.25, 0.3) is 10.8 Å². The Kier molecular flexibility index (Phi) is 5.72. The first-order chi connectivity index (χ1) is 13.0. The van der Waals surface area contributed by atoms with Gasteiger partial charge in [-0.25, -0.2) is 21.6 Å². The Hall–Kier alpha value is -1.69. The van der Waals surface area contributed by atoms with E-state index in [9.17, 15) is 30.0 Å². The summed E-state index contributed by atoms with van der Waals surface area (Å²) in [5.74, 6) is -0.361. The van der Waals surface area contributed by atoms with E-state index in [0.29, 0.717) is 0 Å². The van der Waals surface area contributed by atoms with Gasteiger partial charge in [0, 0.05) is 19.6 Å². The summed E-state index contributed by atoms with van der Waals surface area (Å²) in [4.78, 5) is 0.155. The third-order valence-electron chi connectivity index (χ3n) is 4.80. The molecule has 1 aliphatic rings. The largest absolute Gasteiger partial charge is 0.511 e. The molecule has 0 bridgehead atoms. The molecule has 0 spiro atoms. The standard InChI is InChI=1S/C17H19F3N2O4S2/c18-17(19,20)28(25,26)21-12-13-7-9-22(10-8-13)27(23,24)16-6-5-14-3-1-2-4-15(14)11-16/h1-6,11,13,21H,7-10,12H2. The zero-order valence-electron chi connectivity index (χ0n) is 14.7. The molecule has 0 saturated carbocycles. The van der Waals surface area contributed by atoms with Gasteiger partial charge < -0.3 is 0 Å². The van der Waals surface area contributed by atoms with E-state index in [4.69, 9.17) is 0 Å². The molecule has 0 unspecified atom stereocenters. The first-order valence-electron chi connectivity index (χ1n) is 8.55. The zero-order valence-corrected chi connectivity index (χ0v) is 16.3. The van der Waals surface area contributed by atoms with E-state index in [0.717, 1.165) is 10.8 Å². The summed E-state index contributed by atoms with van der Waals surface area (Å²) >= 11 is 0. The summed E-state index contributed by atoms with van der Waals surface area (Å²) in [7, 11) is -9.11. The summed E-state index contributed by atoms with van der Waals surface area (Å²) in [5.41, 5.74) is -5.35. The molecule has 1 aliphatic heterocycles. The van der Waals surface area contributed by atoms with Gasteiger partial charge in [-0.3, -0.25) is 0 Å². The van der Waals surface area contributed by atoms with Crippen LogP contribution in [0.15, 0.2) is 47.4 Å². The number of nitrogens with zero attached hydrogens (tertiary/aromatic N) is 1. The Morgan fingerprint density at radius 1 is 0.964 bits per heavy atom. The first kappa shape index (κ1) is 21.0. The number of hydrogen-bond acceptors (Lipinski definition) is 4. The van der Waals surface area contributed by atoms with Crippen molar-refractivity contribution in [2.45, 2.75) is 23.2 Å². The van der Waals surface area contributed by atoms with Crippen LogP contribution < -0.4 is 4.72 Å². The minimum atomic E-state index is -5.38. The third kappa shape index (κ3) is 4.32. The molecule has 0 amide bonds. The van der Waals surface area contributed by atoms with Gasteiger partial charge in [0.2, 0.25) is 10.0 Å². The smallest absolute Gasteiger partial charge is 0.207 e. The summed E-state index contributed by atoms with van der Waals surface area (Å²) in [6.45, 7) is -0.132. The maximum absolute atomic E-state index is 12.9. The molecule has 0 atom stereocenters. The third-order valence-corrected chi connectivity index (χ3v) is 7.85. The fraction of sp³-hybridized carbons (Fsp3) is 0.412. The van der Waals surface area contributed by atoms with Crippen molar-refractivity contribution < 1.29 is 30.0 Å². The van der Waals surface area contributed by atoms with Gasteiger partial charge in [-0.15, -0.1) is 0 Å². The van der Waals surface area contributed by atoms with Crippen LogP contribution in [0.4, 0.5) is 13.2 Å². The molecular formula is C17H19F3N2O4S2. The number of halogens is 3. The Morgan fingerprint density at radius 3 is 2.18 bits per heavy atom. The predicted molar refractivity (Wildman–Crippen MR) is 98.4 cm³/mol. The van der Waals surface area contributed by atoms with Gasteiger partial charge in [-0.05, 0) is 41.7 Å². The van der Waals surface area contributed by atoms with Crippen molar-refractivity contribution in [1.82, 2.24) is 9.03 Å². The van der Waals surface area contributed by atoms with E-state index in [1.54, 1.807) is 16.9 Å². The van der Waals surface area contributed by atoms with Crippen LogP contribution in [-0.4, -0.2) is 46.3 Å². The molecular weight excluding hydrogens is 417 g/mol. The fourth-order valence-corrected chi connectivity index (χ4v) is 5.26. The molecule has 1 saturated heterocycles. The second-order valence-electron chi connectivity index (χ2n) is 6.65. The van der Waals surface area contributed by atoms with Crippen LogP contribution in [0.1, 0.15) is 12.8 Å². The normalized spacial score (nSPS) is 17.8. The molecule has 154 valence electrons. The van der Waals surface area contributed by atoms with Crippen LogP contribution in [0.3, 0.4) is 0 Å². The van der Waals surface area contributed by atoms with Gasteiger partial charge in [0.1, 0.15) is 0 Å². The summed E-state index contributed by atoms with van der Waals surface area (Å²) in [6.07, 6.45) is 0.542. The van der Waals surface area contributed by atoms with Crippen LogP contribution >= 0.6 is 0 Å². The van der Waals surface area contributed by atoms with Crippen molar-refractivity contribution in [3.05, 3.63) is 42.5 Å². The summed E-state index contributed by atoms with van der Waals surface area (Å²) in [5, 5.41) is 1.71. The van der Waals surface area contributed by atoms with E-state index in [-0.39, 0.29) is 43.3 Å². The fourth-order valence-electron chi connectivity index (χ4n) is 3.14. The van der Waals surface area contributed by atoms with Crippen molar-refractivity contribution in [2.75, 3.05) is 19.6 Å². The maximum atomic E-state index is 12.9. The Morgan fingerprint density at radius 2 is 1.57 bits per heavy atom. The Balaban J connectivity index is 1.65.